The maximum atomic E-state index is 12.8. The van der Waals surface area contributed by atoms with E-state index in [0.717, 1.165) is 0 Å². The van der Waals surface area contributed by atoms with Gasteiger partial charge in [-0.1, -0.05) is 13.0 Å². The third-order valence-corrected chi connectivity index (χ3v) is 4.39. The average molecular weight is 359 g/mol. The molecule has 0 saturated carbocycles. The Bertz CT molecular complexity index is 830. The normalized spacial score (nSPS) is 14.4. The predicted octanol–water partition coefficient (Wildman–Crippen LogP) is 2.00. The third kappa shape index (κ3) is 3.41. The molecule has 0 fully saturated rings. The van der Waals surface area contributed by atoms with Crippen LogP contribution in [0.2, 0.25) is 0 Å². The summed E-state index contributed by atoms with van der Waals surface area (Å²) in [5.74, 6) is -0.933. The number of carboxylic acid groups (broad SMARTS) is 1. The monoisotopic (exact) mass is 359 g/mol. The number of carbonyl (C=O) groups excluding carboxylic acids is 1. The van der Waals surface area contributed by atoms with Gasteiger partial charge in [-0.05, 0) is 18.6 Å². The maximum absolute atomic E-state index is 12.8. The number of ether oxygens (including phenoxy) is 2. The first-order valence-corrected chi connectivity index (χ1v) is 8.40. The topological polar surface area (TPSA) is 103 Å². The number of hydrogen-bond acceptors (Lipinski definition) is 5. The standard InChI is InChI=1S/C18H21N3O5/c1-3-12(13-5-4-6-16(19-13)25-2)20-17(22)14-9-11(18(23)24)15-10-26-8-7-21(14)15/h4-6,9,12H,3,7-8,10H2,1-2H3,(H,20,22)(H,23,24)/t12-/m1/s1. The highest BCUT2D eigenvalue weighted by Gasteiger charge is 2.27. The Balaban J connectivity index is 1.88. The molecule has 3 rings (SSSR count). The molecule has 0 saturated heterocycles. The molecule has 26 heavy (non-hydrogen) atoms. The number of carbonyl (C=O) groups is 2. The van der Waals surface area contributed by atoms with Crippen molar-refractivity contribution < 1.29 is 24.2 Å². The molecule has 3 heterocycles. The number of nitrogens with one attached hydrogen (secondary N) is 1. The molecule has 1 atom stereocenters. The highest BCUT2D eigenvalue weighted by molar-refractivity contribution is 5.98. The Morgan fingerprint density at radius 3 is 2.96 bits per heavy atom. The van der Waals surface area contributed by atoms with Crippen molar-refractivity contribution in [1.82, 2.24) is 14.9 Å². The van der Waals surface area contributed by atoms with Gasteiger partial charge in [-0.25, -0.2) is 9.78 Å². The molecule has 1 aliphatic rings. The van der Waals surface area contributed by atoms with Crippen LogP contribution >= 0.6 is 0 Å². The minimum Gasteiger partial charge on any atom is -0.481 e. The van der Waals surface area contributed by atoms with E-state index in [4.69, 9.17) is 9.47 Å². The summed E-state index contributed by atoms with van der Waals surface area (Å²) in [4.78, 5) is 28.7. The molecule has 2 aromatic rings. The van der Waals surface area contributed by atoms with Crippen LogP contribution in [0.4, 0.5) is 0 Å². The second-order valence-electron chi connectivity index (χ2n) is 5.94. The quantitative estimate of drug-likeness (QED) is 0.818. The number of carboxylic acids is 1. The molecular formula is C18H21N3O5. The number of aromatic nitrogens is 2. The molecule has 2 N–H and O–H groups in total. The first-order valence-electron chi connectivity index (χ1n) is 8.40. The molecule has 2 aromatic heterocycles. The number of fused-ring (bicyclic) bond motifs is 1. The van der Waals surface area contributed by atoms with E-state index < -0.39 is 5.97 Å². The van der Waals surface area contributed by atoms with Crippen LogP contribution in [-0.2, 0) is 17.9 Å². The number of aromatic carboxylic acids is 1. The SMILES string of the molecule is CC[C@@H](NC(=O)c1cc(C(=O)O)c2n1CCOC2)c1cccc(OC)n1. The van der Waals surface area contributed by atoms with Crippen LogP contribution < -0.4 is 10.1 Å². The molecule has 0 aromatic carbocycles. The summed E-state index contributed by atoms with van der Waals surface area (Å²) in [6, 6.07) is 6.47. The van der Waals surface area contributed by atoms with E-state index in [2.05, 4.69) is 10.3 Å². The van der Waals surface area contributed by atoms with E-state index in [1.807, 2.05) is 19.1 Å². The molecule has 8 nitrogen and oxygen atoms in total. The van der Waals surface area contributed by atoms with Gasteiger partial charge in [-0.2, -0.15) is 0 Å². The zero-order valence-corrected chi connectivity index (χ0v) is 14.7. The highest BCUT2D eigenvalue weighted by Crippen LogP contribution is 2.23. The molecule has 0 radical (unpaired) electrons. The fourth-order valence-corrected chi connectivity index (χ4v) is 3.05. The summed E-state index contributed by atoms with van der Waals surface area (Å²) in [5, 5.41) is 12.3. The fourth-order valence-electron chi connectivity index (χ4n) is 3.05. The fraction of sp³-hybridized carbons (Fsp3) is 0.389. The maximum Gasteiger partial charge on any atom is 0.337 e. The number of methoxy groups -OCH3 is 1. The van der Waals surface area contributed by atoms with Crippen LogP contribution in [0.25, 0.3) is 0 Å². The number of rotatable bonds is 6. The molecule has 0 aliphatic carbocycles. The van der Waals surface area contributed by atoms with E-state index in [0.29, 0.717) is 42.5 Å². The molecule has 138 valence electrons. The van der Waals surface area contributed by atoms with Crippen molar-refractivity contribution in [1.29, 1.82) is 0 Å². The number of pyridine rings is 1. The van der Waals surface area contributed by atoms with Gasteiger partial charge in [0.15, 0.2) is 0 Å². The highest BCUT2D eigenvalue weighted by atomic mass is 16.5. The Kier molecular flexibility index (Phi) is 5.22. The number of nitrogens with zero attached hydrogens (tertiary/aromatic N) is 2. The van der Waals surface area contributed by atoms with Crippen LogP contribution in [0.5, 0.6) is 5.88 Å². The van der Waals surface area contributed by atoms with Crippen molar-refractivity contribution in [3.05, 3.63) is 46.9 Å². The van der Waals surface area contributed by atoms with Crippen molar-refractivity contribution in [2.24, 2.45) is 0 Å². The minimum atomic E-state index is -1.07. The number of amides is 1. The summed E-state index contributed by atoms with van der Waals surface area (Å²) in [6.07, 6.45) is 0.633. The predicted molar refractivity (Wildman–Crippen MR) is 92.3 cm³/mol. The lowest BCUT2D eigenvalue weighted by atomic mass is 10.1. The molecule has 0 spiro atoms. The number of hydrogen-bond donors (Lipinski definition) is 2. The first kappa shape index (κ1) is 17.9. The van der Waals surface area contributed by atoms with E-state index >= 15 is 0 Å². The van der Waals surface area contributed by atoms with Crippen LogP contribution in [-0.4, -0.2) is 40.3 Å². The van der Waals surface area contributed by atoms with Crippen molar-refractivity contribution in [2.75, 3.05) is 13.7 Å². The Labute approximate surface area is 150 Å². The molecule has 1 amide bonds. The lowest BCUT2D eigenvalue weighted by Gasteiger charge is -2.21. The van der Waals surface area contributed by atoms with Crippen LogP contribution in [0.15, 0.2) is 24.3 Å². The lowest BCUT2D eigenvalue weighted by Crippen LogP contribution is -2.31. The Morgan fingerprint density at radius 1 is 1.46 bits per heavy atom. The smallest absolute Gasteiger partial charge is 0.337 e. The van der Waals surface area contributed by atoms with E-state index in [-0.39, 0.29) is 24.1 Å². The van der Waals surface area contributed by atoms with E-state index in [9.17, 15) is 14.7 Å². The van der Waals surface area contributed by atoms with Gasteiger partial charge in [0.25, 0.3) is 5.91 Å². The Hall–Kier alpha value is -2.87. The average Bonchev–Trinajstić information content (AvgIpc) is 3.06. The van der Waals surface area contributed by atoms with Gasteiger partial charge in [-0.3, -0.25) is 4.79 Å². The zero-order chi connectivity index (χ0) is 18.7. The van der Waals surface area contributed by atoms with Crippen molar-refractivity contribution in [3.63, 3.8) is 0 Å². The molecule has 8 heteroatoms. The van der Waals surface area contributed by atoms with Gasteiger partial charge in [0.05, 0.1) is 43.3 Å². The van der Waals surface area contributed by atoms with E-state index in [1.165, 1.54) is 13.2 Å². The minimum absolute atomic E-state index is 0.0994. The molecular weight excluding hydrogens is 338 g/mol. The van der Waals surface area contributed by atoms with Gasteiger partial charge >= 0.3 is 5.97 Å². The Morgan fingerprint density at radius 2 is 2.27 bits per heavy atom. The summed E-state index contributed by atoms with van der Waals surface area (Å²) in [5.41, 5.74) is 1.62. The second kappa shape index (κ2) is 7.57. The van der Waals surface area contributed by atoms with E-state index in [1.54, 1.807) is 10.6 Å². The second-order valence-corrected chi connectivity index (χ2v) is 5.94. The summed E-state index contributed by atoms with van der Waals surface area (Å²) in [7, 11) is 1.54. The zero-order valence-electron chi connectivity index (χ0n) is 14.7. The van der Waals surface area contributed by atoms with Crippen molar-refractivity contribution >= 4 is 11.9 Å². The first-order chi connectivity index (χ1) is 12.5. The largest absolute Gasteiger partial charge is 0.481 e. The van der Waals surface area contributed by atoms with Crippen LogP contribution in [0.1, 0.15) is 51.6 Å². The van der Waals surface area contributed by atoms with Crippen LogP contribution in [0, 0.1) is 0 Å². The van der Waals surface area contributed by atoms with Crippen molar-refractivity contribution in [2.45, 2.75) is 32.5 Å². The summed E-state index contributed by atoms with van der Waals surface area (Å²) >= 11 is 0. The summed E-state index contributed by atoms with van der Waals surface area (Å²) in [6.45, 7) is 3.01. The third-order valence-electron chi connectivity index (χ3n) is 4.39. The van der Waals surface area contributed by atoms with Gasteiger partial charge in [0.1, 0.15) is 5.69 Å². The van der Waals surface area contributed by atoms with Crippen LogP contribution in [0.3, 0.4) is 0 Å². The van der Waals surface area contributed by atoms with Gasteiger partial charge in [0, 0.05) is 12.6 Å². The van der Waals surface area contributed by atoms with Crippen molar-refractivity contribution in [3.8, 4) is 5.88 Å². The molecule has 0 unspecified atom stereocenters. The van der Waals surface area contributed by atoms with Gasteiger partial charge in [-0.15, -0.1) is 0 Å². The summed E-state index contributed by atoms with van der Waals surface area (Å²) < 4.78 is 12.2. The molecule has 0 bridgehead atoms. The van der Waals surface area contributed by atoms with Gasteiger partial charge < -0.3 is 24.5 Å². The molecule has 1 aliphatic heterocycles. The van der Waals surface area contributed by atoms with Gasteiger partial charge in [0.2, 0.25) is 5.88 Å². The lowest BCUT2D eigenvalue weighted by molar-refractivity contribution is 0.0656.